The van der Waals surface area contributed by atoms with Gasteiger partial charge in [0.25, 0.3) is 0 Å². The number of hydrogen-bond donors (Lipinski definition) is 2. The lowest BCUT2D eigenvalue weighted by atomic mass is 9.52. The van der Waals surface area contributed by atoms with E-state index in [-0.39, 0.29) is 35.1 Å². The number of nitrogens with two attached hydrogens (primary N) is 1. The van der Waals surface area contributed by atoms with Crippen molar-refractivity contribution in [1.82, 2.24) is 9.88 Å². The topological polar surface area (TPSA) is 140 Å². The molecule has 0 saturated heterocycles. The summed E-state index contributed by atoms with van der Waals surface area (Å²) in [5, 5.41) is 11.0. The van der Waals surface area contributed by atoms with Gasteiger partial charge in [0.05, 0.1) is 23.2 Å². The quantitative estimate of drug-likeness (QED) is 0.464. The van der Waals surface area contributed by atoms with E-state index in [9.17, 15) is 24.3 Å². The first-order valence-electron chi connectivity index (χ1n) is 11.5. The molecule has 3 aliphatic carbocycles. The van der Waals surface area contributed by atoms with Crippen molar-refractivity contribution in [2.24, 2.45) is 29.4 Å². The molecule has 0 aliphatic heterocycles. The summed E-state index contributed by atoms with van der Waals surface area (Å²) >= 11 is 6.44. The normalized spacial score (nSPS) is 32.9. The van der Waals surface area contributed by atoms with Gasteiger partial charge >= 0.3 is 0 Å². The van der Waals surface area contributed by atoms with E-state index in [0.29, 0.717) is 30.5 Å². The molecule has 1 aromatic rings. The molecule has 10 heteroatoms. The van der Waals surface area contributed by atoms with Crippen molar-refractivity contribution in [3.63, 3.8) is 0 Å². The number of aromatic nitrogens is 1. The minimum atomic E-state index is -1.52. The summed E-state index contributed by atoms with van der Waals surface area (Å²) < 4.78 is 5.82. The van der Waals surface area contributed by atoms with Crippen LogP contribution in [-0.2, 0) is 32.0 Å². The highest BCUT2D eigenvalue weighted by atomic mass is 35.5. The number of amides is 1. The van der Waals surface area contributed by atoms with E-state index in [1.165, 1.54) is 7.11 Å². The third-order valence-electron chi connectivity index (χ3n) is 7.89. The van der Waals surface area contributed by atoms with E-state index in [0.717, 1.165) is 0 Å². The fraction of sp³-hybridized carbons (Fsp3) is 0.625. The van der Waals surface area contributed by atoms with E-state index in [4.69, 9.17) is 22.1 Å². The number of pyridine rings is 1. The molecule has 3 aliphatic rings. The molecule has 0 spiro atoms. The van der Waals surface area contributed by atoms with Gasteiger partial charge in [-0.1, -0.05) is 24.9 Å². The number of aromatic hydroxyl groups is 1. The average molecular weight is 492 g/mol. The van der Waals surface area contributed by atoms with Gasteiger partial charge in [-0.2, -0.15) is 0 Å². The number of ether oxygens (including phenoxy) is 1. The van der Waals surface area contributed by atoms with E-state index >= 15 is 0 Å². The lowest BCUT2D eigenvalue weighted by Gasteiger charge is -2.55. The smallest absolute Gasteiger partial charge is 0.228 e. The van der Waals surface area contributed by atoms with Crippen LogP contribution in [0, 0.1) is 23.7 Å². The number of primary amides is 1. The molecule has 2 fully saturated rings. The van der Waals surface area contributed by atoms with E-state index in [1.807, 2.05) is 6.92 Å². The lowest BCUT2D eigenvalue weighted by Crippen LogP contribution is -2.70. The number of likely N-dealkylation sites (N-methyl/N-ethyl adjacent to an activating group) is 1. The van der Waals surface area contributed by atoms with Crippen molar-refractivity contribution >= 4 is 34.9 Å². The highest BCUT2D eigenvalue weighted by Crippen LogP contribution is 2.53. The Morgan fingerprint density at radius 3 is 2.56 bits per heavy atom. The second-order valence-electron chi connectivity index (χ2n) is 9.88. The van der Waals surface area contributed by atoms with E-state index in [2.05, 4.69) is 4.98 Å². The molecule has 0 radical (unpaired) electrons. The number of rotatable bonds is 5. The van der Waals surface area contributed by atoms with Gasteiger partial charge in [-0.25, -0.2) is 4.98 Å². The van der Waals surface area contributed by atoms with Gasteiger partial charge in [0, 0.05) is 25.0 Å². The molecule has 1 aromatic heterocycles. The molecule has 2 saturated carbocycles. The standard InChI is InChI=1S/C24H30ClN3O6/c1-5-6-14-19(30)16-11(22(25)27-14)7-10-8-13-17(28(2)3)18(29)12(23(26)33)9-24(13,34-4)21(32)15(10)20(16)31/h10,12-13,15,17,30H,5-9H2,1-4H3,(H2,26,33). The van der Waals surface area contributed by atoms with Crippen molar-refractivity contribution in [2.45, 2.75) is 50.7 Å². The molecule has 6 unspecified atom stereocenters. The summed E-state index contributed by atoms with van der Waals surface area (Å²) in [7, 11) is 4.78. The first-order chi connectivity index (χ1) is 16.0. The fourth-order valence-corrected chi connectivity index (χ4v) is 6.67. The average Bonchev–Trinajstić information content (AvgIpc) is 2.76. The van der Waals surface area contributed by atoms with Crippen molar-refractivity contribution in [3.8, 4) is 5.75 Å². The Kier molecular flexibility index (Phi) is 6.33. The molecule has 0 aromatic carbocycles. The summed E-state index contributed by atoms with van der Waals surface area (Å²) in [6.45, 7) is 1.92. The summed E-state index contributed by atoms with van der Waals surface area (Å²) in [4.78, 5) is 59.1. The van der Waals surface area contributed by atoms with Crippen molar-refractivity contribution in [2.75, 3.05) is 21.2 Å². The maximum Gasteiger partial charge on any atom is 0.228 e. The minimum absolute atomic E-state index is 0.0465. The molecular weight excluding hydrogens is 462 g/mol. The van der Waals surface area contributed by atoms with Crippen LogP contribution in [-0.4, -0.2) is 71.1 Å². The number of fused-ring (bicyclic) bond motifs is 3. The SMILES string of the molecule is CCCc1nc(Cl)c2c(c1O)C(=O)C1C(=O)C3(OC)CC(C(N)=O)C(=O)C(N(C)C)C3CC1C2. The summed E-state index contributed by atoms with van der Waals surface area (Å²) in [6, 6.07) is -0.776. The molecule has 1 heterocycles. The van der Waals surface area contributed by atoms with E-state index in [1.54, 1.807) is 19.0 Å². The van der Waals surface area contributed by atoms with Crippen LogP contribution in [0.25, 0.3) is 0 Å². The Bertz CT molecular complexity index is 1090. The van der Waals surface area contributed by atoms with Crippen LogP contribution in [0.15, 0.2) is 0 Å². The zero-order chi connectivity index (χ0) is 25.1. The first-order valence-corrected chi connectivity index (χ1v) is 11.9. The molecule has 184 valence electrons. The van der Waals surface area contributed by atoms with Crippen LogP contribution < -0.4 is 5.73 Å². The molecule has 4 rings (SSSR count). The number of nitrogens with zero attached hydrogens (tertiary/aromatic N) is 2. The molecular formula is C24H30ClN3O6. The number of Topliss-reactive ketones (excluding diaryl/α,β-unsaturated/α-hetero) is 3. The maximum atomic E-state index is 14.1. The van der Waals surface area contributed by atoms with Crippen LogP contribution in [0.2, 0.25) is 5.15 Å². The summed E-state index contributed by atoms with van der Waals surface area (Å²) in [5.74, 6) is -5.65. The third kappa shape index (κ3) is 3.39. The monoisotopic (exact) mass is 491 g/mol. The number of ketones is 3. The molecule has 3 N–H and O–H groups in total. The Balaban J connectivity index is 1.86. The first kappa shape index (κ1) is 24.8. The maximum absolute atomic E-state index is 14.1. The number of halogens is 1. The summed E-state index contributed by atoms with van der Waals surface area (Å²) in [5.41, 5.74) is 4.82. The molecule has 1 amide bonds. The largest absolute Gasteiger partial charge is 0.505 e. The molecule has 0 bridgehead atoms. The van der Waals surface area contributed by atoms with Gasteiger partial charge in [-0.15, -0.1) is 0 Å². The summed E-state index contributed by atoms with van der Waals surface area (Å²) in [6.07, 6.45) is 1.54. The van der Waals surface area contributed by atoms with Gasteiger partial charge < -0.3 is 15.6 Å². The predicted molar refractivity (Wildman–Crippen MR) is 123 cm³/mol. The van der Waals surface area contributed by atoms with Gasteiger partial charge in [0.2, 0.25) is 5.91 Å². The third-order valence-corrected chi connectivity index (χ3v) is 8.20. The van der Waals surface area contributed by atoms with Gasteiger partial charge in [0.1, 0.15) is 22.4 Å². The highest BCUT2D eigenvalue weighted by Gasteiger charge is 2.65. The van der Waals surface area contributed by atoms with Crippen molar-refractivity contribution < 1.29 is 29.0 Å². The molecule has 9 nitrogen and oxygen atoms in total. The predicted octanol–water partition coefficient (Wildman–Crippen LogP) is 1.34. The van der Waals surface area contributed by atoms with Gasteiger partial charge in [-0.05, 0) is 39.3 Å². The van der Waals surface area contributed by atoms with Crippen LogP contribution in [0.3, 0.4) is 0 Å². The Morgan fingerprint density at radius 1 is 1.32 bits per heavy atom. The molecule has 6 atom stereocenters. The van der Waals surface area contributed by atoms with Crippen LogP contribution in [0.1, 0.15) is 47.8 Å². The Morgan fingerprint density at radius 2 is 2.00 bits per heavy atom. The van der Waals surface area contributed by atoms with E-state index < -0.39 is 52.8 Å². The zero-order valence-corrected chi connectivity index (χ0v) is 20.5. The van der Waals surface area contributed by atoms with Crippen molar-refractivity contribution in [3.05, 3.63) is 22.0 Å². The van der Waals surface area contributed by atoms with Gasteiger partial charge in [0.15, 0.2) is 17.3 Å². The van der Waals surface area contributed by atoms with Crippen molar-refractivity contribution in [1.29, 1.82) is 0 Å². The van der Waals surface area contributed by atoms with Crippen LogP contribution in [0.4, 0.5) is 0 Å². The molecule has 34 heavy (non-hydrogen) atoms. The number of methoxy groups -OCH3 is 1. The van der Waals surface area contributed by atoms with Gasteiger partial charge in [-0.3, -0.25) is 24.1 Å². The number of aryl methyl sites for hydroxylation is 1. The highest BCUT2D eigenvalue weighted by molar-refractivity contribution is 6.31. The van der Waals surface area contributed by atoms with Crippen LogP contribution in [0.5, 0.6) is 5.75 Å². The minimum Gasteiger partial charge on any atom is -0.505 e. The number of carbonyl (C=O) groups is 4. The fourth-order valence-electron chi connectivity index (χ4n) is 6.39. The second kappa shape index (κ2) is 8.70. The number of carbonyl (C=O) groups excluding carboxylic acids is 4. The Hall–Kier alpha value is -2.36. The van der Waals surface area contributed by atoms with Crippen LogP contribution >= 0.6 is 11.6 Å². The number of hydrogen-bond acceptors (Lipinski definition) is 8. The second-order valence-corrected chi connectivity index (χ2v) is 10.2. The zero-order valence-electron chi connectivity index (χ0n) is 19.8. The Labute approximate surface area is 203 Å². The lowest BCUT2D eigenvalue weighted by molar-refractivity contribution is -0.182.